The van der Waals surface area contributed by atoms with E-state index in [4.69, 9.17) is 0 Å². The highest BCUT2D eigenvalue weighted by molar-refractivity contribution is 4.77. The zero-order chi connectivity index (χ0) is 15.9. The third-order valence-electron chi connectivity index (χ3n) is 5.56. The maximum Gasteiger partial charge on any atom is 0.0110 e. The predicted octanol–water partition coefficient (Wildman–Crippen LogP) is 4.65. The largest absolute Gasteiger partial charge is 0.301 e. The molecule has 0 unspecified atom stereocenters. The summed E-state index contributed by atoms with van der Waals surface area (Å²) in [7, 11) is 0. The Kier molecular flexibility index (Phi) is 7.70. The van der Waals surface area contributed by atoms with Gasteiger partial charge >= 0.3 is 0 Å². The Morgan fingerprint density at radius 2 is 1.10 bits per heavy atom. The smallest absolute Gasteiger partial charge is 0.0110 e. The minimum absolute atomic E-state index is 0.515. The lowest BCUT2D eigenvalue weighted by Gasteiger charge is -2.37. The maximum absolute atomic E-state index is 2.68. The molecule has 2 nitrogen and oxygen atoms in total. The third-order valence-corrected chi connectivity index (χ3v) is 5.56. The molecule has 126 valence electrons. The van der Waals surface area contributed by atoms with Gasteiger partial charge in [-0.15, -0.1) is 0 Å². The quantitative estimate of drug-likeness (QED) is 0.611. The Morgan fingerprint density at radius 1 is 0.667 bits per heavy atom. The fourth-order valence-electron chi connectivity index (χ4n) is 3.14. The van der Waals surface area contributed by atoms with Crippen LogP contribution in [0.3, 0.4) is 0 Å². The van der Waals surface area contributed by atoms with Crippen molar-refractivity contribution < 1.29 is 0 Å². The monoisotopic (exact) mass is 296 g/mol. The summed E-state index contributed by atoms with van der Waals surface area (Å²) in [6, 6.07) is 0. The van der Waals surface area contributed by atoms with Crippen LogP contribution in [0.5, 0.6) is 0 Å². The Morgan fingerprint density at radius 3 is 1.48 bits per heavy atom. The van der Waals surface area contributed by atoms with Gasteiger partial charge in [-0.2, -0.15) is 0 Å². The van der Waals surface area contributed by atoms with E-state index in [0.29, 0.717) is 10.8 Å². The number of piperazine rings is 1. The molecule has 0 amide bonds. The van der Waals surface area contributed by atoms with E-state index >= 15 is 0 Å². The van der Waals surface area contributed by atoms with E-state index in [-0.39, 0.29) is 0 Å². The van der Waals surface area contributed by atoms with Gasteiger partial charge in [0.15, 0.2) is 0 Å². The average Bonchev–Trinajstić information content (AvgIpc) is 2.44. The topological polar surface area (TPSA) is 6.48 Å². The summed E-state index contributed by atoms with van der Waals surface area (Å²) >= 11 is 0. The number of hydrogen-bond donors (Lipinski definition) is 0. The number of rotatable bonds is 9. The van der Waals surface area contributed by atoms with Crippen LogP contribution in [0.25, 0.3) is 0 Å². The van der Waals surface area contributed by atoms with Gasteiger partial charge in [-0.1, -0.05) is 54.4 Å². The second kappa shape index (κ2) is 8.53. The predicted molar refractivity (Wildman–Crippen MR) is 94.9 cm³/mol. The Bertz CT molecular complexity index is 275. The summed E-state index contributed by atoms with van der Waals surface area (Å²) in [5, 5.41) is 0. The Balaban J connectivity index is 2.20. The highest BCUT2D eigenvalue weighted by atomic mass is 15.3. The molecule has 0 bridgehead atoms. The molecule has 1 saturated heterocycles. The minimum atomic E-state index is 0.515. The highest BCUT2D eigenvalue weighted by Gasteiger charge is 2.22. The standard InChI is InChI=1S/C19H40N2/c1-7-9-19(5,6)11-13-21-16-14-20(15-17-21)12-10-18(3,4)8-2/h7-17H2,1-6H3. The zero-order valence-electron chi connectivity index (χ0n) is 15.7. The van der Waals surface area contributed by atoms with Crippen LogP contribution in [0, 0.1) is 10.8 Å². The van der Waals surface area contributed by atoms with Crippen molar-refractivity contribution in [1.82, 2.24) is 9.80 Å². The maximum atomic E-state index is 2.68. The highest BCUT2D eigenvalue weighted by Crippen LogP contribution is 2.27. The van der Waals surface area contributed by atoms with E-state index in [1.165, 1.54) is 71.4 Å². The first-order chi connectivity index (χ1) is 9.78. The lowest BCUT2D eigenvalue weighted by atomic mass is 9.84. The molecule has 0 atom stereocenters. The molecule has 1 fully saturated rings. The molecule has 2 heteroatoms. The molecule has 1 rings (SSSR count). The SMILES string of the molecule is CCCC(C)(C)CCN1CCN(CCC(C)(C)CC)CC1. The van der Waals surface area contributed by atoms with Crippen molar-refractivity contribution >= 4 is 0 Å². The molecule has 0 radical (unpaired) electrons. The van der Waals surface area contributed by atoms with E-state index < -0.39 is 0 Å². The molecular weight excluding hydrogens is 256 g/mol. The number of nitrogens with zero attached hydrogens (tertiary/aromatic N) is 2. The Labute approximate surface area is 134 Å². The molecule has 0 aromatic carbocycles. The van der Waals surface area contributed by atoms with E-state index in [0.717, 1.165) is 0 Å². The van der Waals surface area contributed by atoms with Gasteiger partial charge in [0.05, 0.1) is 0 Å². The molecule has 1 aliphatic rings. The van der Waals surface area contributed by atoms with Crippen molar-refractivity contribution in [2.75, 3.05) is 39.3 Å². The van der Waals surface area contributed by atoms with Crippen molar-refractivity contribution in [2.45, 2.75) is 73.6 Å². The molecule has 0 aromatic heterocycles. The van der Waals surface area contributed by atoms with Crippen LogP contribution in [-0.2, 0) is 0 Å². The normalized spacial score (nSPS) is 19.1. The lowest BCUT2D eigenvalue weighted by molar-refractivity contribution is 0.106. The molecule has 0 N–H and O–H groups in total. The second-order valence-electron chi connectivity index (χ2n) is 8.62. The van der Waals surface area contributed by atoms with Crippen molar-refractivity contribution in [2.24, 2.45) is 10.8 Å². The first-order valence-electron chi connectivity index (χ1n) is 9.23. The summed E-state index contributed by atoms with van der Waals surface area (Å²) in [5.74, 6) is 0. The molecular formula is C19H40N2. The van der Waals surface area contributed by atoms with Gasteiger partial charge in [0.25, 0.3) is 0 Å². The minimum Gasteiger partial charge on any atom is -0.301 e. The zero-order valence-corrected chi connectivity index (χ0v) is 15.7. The van der Waals surface area contributed by atoms with E-state index in [9.17, 15) is 0 Å². The first kappa shape index (κ1) is 19.0. The molecule has 0 spiro atoms. The number of hydrogen-bond acceptors (Lipinski definition) is 2. The third kappa shape index (κ3) is 7.65. The van der Waals surface area contributed by atoms with E-state index in [2.05, 4.69) is 51.3 Å². The van der Waals surface area contributed by atoms with Crippen LogP contribution in [0.2, 0.25) is 0 Å². The molecule has 1 heterocycles. The summed E-state index contributed by atoms with van der Waals surface area (Å²) in [6.45, 7) is 22.0. The molecule has 1 aliphatic heterocycles. The van der Waals surface area contributed by atoms with Crippen molar-refractivity contribution in [3.8, 4) is 0 Å². The fourth-order valence-corrected chi connectivity index (χ4v) is 3.14. The molecule has 0 saturated carbocycles. The first-order valence-corrected chi connectivity index (χ1v) is 9.23. The molecule has 21 heavy (non-hydrogen) atoms. The van der Waals surface area contributed by atoms with E-state index in [1.807, 2.05) is 0 Å². The summed E-state index contributed by atoms with van der Waals surface area (Å²) in [4.78, 5) is 5.35. The van der Waals surface area contributed by atoms with Crippen LogP contribution in [-0.4, -0.2) is 49.1 Å². The van der Waals surface area contributed by atoms with Crippen LogP contribution in [0.1, 0.15) is 73.6 Å². The van der Waals surface area contributed by atoms with Gasteiger partial charge in [-0.05, 0) is 43.2 Å². The Hall–Kier alpha value is -0.0800. The van der Waals surface area contributed by atoms with Crippen molar-refractivity contribution in [3.05, 3.63) is 0 Å². The van der Waals surface area contributed by atoms with Gasteiger partial charge in [-0.25, -0.2) is 0 Å². The van der Waals surface area contributed by atoms with Crippen LogP contribution >= 0.6 is 0 Å². The van der Waals surface area contributed by atoms with E-state index in [1.54, 1.807) is 0 Å². The molecule has 0 aliphatic carbocycles. The second-order valence-corrected chi connectivity index (χ2v) is 8.62. The van der Waals surface area contributed by atoms with Crippen LogP contribution < -0.4 is 0 Å². The summed E-state index contributed by atoms with van der Waals surface area (Å²) in [6.07, 6.45) is 6.66. The summed E-state index contributed by atoms with van der Waals surface area (Å²) < 4.78 is 0. The van der Waals surface area contributed by atoms with Crippen molar-refractivity contribution in [3.63, 3.8) is 0 Å². The van der Waals surface area contributed by atoms with Crippen LogP contribution in [0.15, 0.2) is 0 Å². The average molecular weight is 297 g/mol. The fraction of sp³-hybridized carbons (Fsp3) is 1.00. The van der Waals surface area contributed by atoms with Gasteiger partial charge < -0.3 is 9.80 Å². The van der Waals surface area contributed by atoms with Crippen molar-refractivity contribution in [1.29, 1.82) is 0 Å². The van der Waals surface area contributed by atoms with Gasteiger partial charge in [0.2, 0.25) is 0 Å². The summed E-state index contributed by atoms with van der Waals surface area (Å²) in [5.41, 5.74) is 1.04. The lowest BCUT2D eigenvalue weighted by Crippen LogP contribution is -2.47. The van der Waals surface area contributed by atoms with Gasteiger partial charge in [0.1, 0.15) is 0 Å². The molecule has 0 aromatic rings. The van der Waals surface area contributed by atoms with Gasteiger partial charge in [-0.3, -0.25) is 0 Å². The van der Waals surface area contributed by atoms with Crippen LogP contribution in [0.4, 0.5) is 0 Å². The van der Waals surface area contributed by atoms with Gasteiger partial charge in [0, 0.05) is 26.2 Å².